The fourth-order valence-corrected chi connectivity index (χ4v) is 0.910. The van der Waals surface area contributed by atoms with Gasteiger partial charge in [-0.25, -0.2) is 0 Å². The summed E-state index contributed by atoms with van der Waals surface area (Å²) in [6.07, 6.45) is 5.19. The third-order valence-corrected chi connectivity index (χ3v) is 1.42. The van der Waals surface area contributed by atoms with Crippen LogP contribution in [-0.4, -0.2) is 12.5 Å². The van der Waals surface area contributed by atoms with Gasteiger partial charge in [0.1, 0.15) is 5.76 Å². The molecule has 12 heavy (non-hydrogen) atoms. The van der Waals surface area contributed by atoms with Crippen LogP contribution in [0.2, 0.25) is 0 Å². The minimum atomic E-state index is -0.141. The molecule has 3 nitrogen and oxygen atoms in total. The summed E-state index contributed by atoms with van der Waals surface area (Å²) in [4.78, 5) is 10.8. The van der Waals surface area contributed by atoms with E-state index in [0.29, 0.717) is 11.5 Å². The van der Waals surface area contributed by atoms with Crippen LogP contribution in [0.15, 0.2) is 36.3 Å². The number of amides is 1. The van der Waals surface area contributed by atoms with E-state index in [4.69, 9.17) is 4.74 Å². The number of nitrogens with one attached hydrogen (secondary N) is 1. The Morgan fingerprint density at radius 1 is 1.67 bits per heavy atom. The molecule has 3 heteroatoms. The van der Waals surface area contributed by atoms with Gasteiger partial charge in [-0.15, -0.1) is 0 Å². The molecular weight excluding hydrogens is 154 g/mol. The Balaban J connectivity index is 2.90. The molecule has 1 rings (SSSR count). The van der Waals surface area contributed by atoms with E-state index in [0.717, 1.165) is 0 Å². The highest BCUT2D eigenvalue weighted by molar-refractivity contribution is 5.81. The van der Waals surface area contributed by atoms with E-state index >= 15 is 0 Å². The first-order valence-electron chi connectivity index (χ1n) is 3.70. The highest BCUT2D eigenvalue weighted by atomic mass is 16.5. The van der Waals surface area contributed by atoms with Crippen LogP contribution in [0.1, 0.15) is 6.92 Å². The highest BCUT2D eigenvalue weighted by Gasteiger charge is 2.14. The SMILES string of the molecule is C=CC1=C(/C=C\C)OCC(=O)N1. The standard InChI is InChI=1S/C9H11NO2/c1-3-5-8-7(4-2)10-9(11)6-12-8/h3-5H,2,6H2,1H3,(H,10,11)/b5-3-. The zero-order chi connectivity index (χ0) is 8.97. The van der Waals surface area contributed by atoms with Crippen LogP contribution in [-0.2, 0) is 9.53 Å². The molecule has 1 amide bonds. The van der Waals surface area contributed by atoms with Crippen molar-refractivity contribution in [1.82, 2.24) is 5.32 Å². The van der Waals surface area contributed by atoms with Crippen molar-refractivity contribution in [3.05, 3.63) is 36.3 Å². The number of ether oxygens (including phenoxy) is 1. The first kappa shape index (κ1) is 8.59. The van der Waals surface area contributed by atoms with Crippen LogP contribution in [0.25, 0.3) is 0 Å². The molecule has 0 saturated carbocycles. The van der Waals surface area contributed by atoms with Crippen LogP contribution in [0, 0.1) is 0 Å². The molecule has 0 unspecified atom stereocenters. The topological polar surface area (TPSA) is 38.3 Å². The van der Waals surface area contributed by atoms with E-state index in [9.17, 15) is 4.79 Å². The van der Waals surface area contributed by atoms with Crippen molar-refractivity contribution in [2.45, 2.75) is 6.92 Å². The quantitative estimate of drug-likeness (QED) is 0.665. The van der Waals surface area contributed by atoms with Gasteiger partial charge in [0.15, 0.2) is 6.61 Å². The van der Waals surface area contributed by atoms with Crippen molar-refractivity contribution in [2.24, 2.45) is 0 Å². The average Bonchev–Trinajstić information content (AvgIpc) is 2.08. The number of rotatable bonds is 2. The monoisotopic (exact) mass is 165 g/mol. The molecule has 0 fully saturated rings. The summed E-state index contributed by atoms with van der Waals surface area (Å²) in [5.74, 6) is 0.519. The van der Waals surface area contributed by atoms with Crippen molar-refractivity contribution in [1.29, 1.82) is 0 Å². The smallest absolute Gasteiger partial charge is 0.262 e. The summed E-state index contributed by atoms with van der Waals surface area (Å²) >= 11 is 0. The summed E-state index contributed by atoms with van der Waals surface area (Å²) in [6.45, 7) is 5.53. The molecule has 0 aliphatic carbocycles. The van der Waals surface area contributed by atoms with Crippen molar-refractivity contribution in [3.8, 4) is 0 Å². The number of carbonyl (C=O) groups is 1. The number of hydrogen-bond acceptors (Lipinski definition) is 2. The van der Waals surface area contributed by atoms with E-state index in [-0.39, 0.29) is 12.5 Å². The summed E-state index contributed by atoms with van der Waals surface area (Å²) in [5, 5.41) is 2.65. The molecule has 1 heterocycles. The van der Waals surface area contributed by atoms with Crippen molar-refractivity contribution in [3.63, 3.8) is 0 Å². The minimum Gasteiger partial charge on any atom is -0.482 e. The fourth-order valence-electron chi connectivity index (χ4n) is 0.910. The van der Waals surface area contributed by atoms with E-state index in [1.165, 1.54) is 0 Å². The largest absolute Gasteiger partial charge is 0.482 e. The second-order valence-corrected chi connectivity index (χ2v) is 2.32. The Labute approximate surface area is 71.4 Å². The molecule has 1 aliphatic rings. The van der Waals surface area contributed by atoms with Crippen LogP contribution < -0.4 is 5.32 Å². The lowest BCUT2D eigenvalue weighted by atomic mass is 10.3. The van der Waals surface area contributed by atoms with Gasteiger partial charge in [-0.3, -0.25) is 4.79 Å². The Bertz CT molecular complexity index is 264. The number of carbonyl (C=O) groups excluding carboxylic acids is 1. The Morgan fingerprint density at radius 2 is 2.42 bits per heavy atom. The van der Waals surface area contributed by atoms with Gasteiger partial charge in [-0.2, -0.15) is 0 Å². The zero-order valence-corrected chi connectivity index (χ0v) is 6.96. The van der Waals surface area contributed by atoms with Crippen molar-refractivity contribution in [2.75, 3.05) is 6.61 Å². The lowest BCUT2D eigenvalue weighted by molar-refractivity contribution is -0.124. The van der Waals surface area contributed by atoms with Gasteiger partial charge in [-0.1, -0.05) is 12.7 Å². The van der Waals surface area contributed by atoms with Crippen LogP contribution in [0.5, 0.6) is 0 Å². The lowest BCUT2D eigenvalue weighted by Crippen LogP contribution is -2.31. The van der Waals surface area contributed by atoms with Crippen LogP contribution in [0.3, 0.4) is 0 Å². The molecule has 64 valence electrons. The summed E-state index contributed by atoms with van der Waals surface area (Å²) in [6, 6.07) is 0. The molecule has 0 atom stereocenters. The molecule has 0 spiro atoms. The van der Waals surface area contributed by atoms with Gasteiger partial charge < -0.3 is 10.1 Å². The molecule has 0 aromatic carbocycles. The lowest BCUT2D eigenvalue weighted by Gasteiger charge is -2.17. The Morgan fingerprint density at radius 3 is 3.00 bits per heavy atom. The average molecular weight is 165 g/mol. The molecule has 0 radical (unpaired) electrons. The third-order valence-electron chi connectivity index (χ3n) is 1.42. The van der Waals surface area contributed by atoms with Gasteiger partial charge in [0, 0.05) is 0 Å². The second-order valence-electron chi connectivity index (χ2n) is 2.32. The maximum Gasteiger partial charge on any atom is 0.262 e. The molecular formula is C9H11NO2. The molecule has 0 saturated heterocycles. The first-order chi connectivity index (χ1) is 5.77. The minimum absolute atomic E-state index is 0.0804. The zero-order valence-electron chi connectivity index (χ0n) is 6.96. The van der Waals surface area contributed by atoms with Crippen molar-refractivity contribution < 1.29 is 9.53 Å². The summed E-state index contributed by atoms with van der Waals surface area (Å²) in [5.41, 5.74) is 0.629. The second kappa shape index (κ2) is 3.76. The predicted octanol–water partition coefficient (Wildman–Crippen LogP) is 1.11. The maximum absolute atomic E-state index is 10.8. The van der Waals surface area contributed by atoms with E-state index < -0.39 is 0 Å². The van der Waals surface area contributed by atoms with Gasteiger partial charge in [-0.05, 0) is 19.1 Å². The fraction of sp³-hybridized carbons (Fsp3) is 0.222. The van der Waals surface area contributed by atoms with Crippen LogP contribution in [0.4, 0.5) is 0 Å². The van der Waals surface area contributed by atoms with E-state index in [2.05, 4.69) is 11.9 Å². The highest BCUT2D eigenvalue weighted by Crippen LogP contribution is 2.10. The maximum atomic E-state index is 10.8. The molecule has 0 aromatic rings. The van der Waals surface area contributed by atoms with Gasteiger partial charge >= 0.3 is 0 Å². The Hall–Kier alpha value is -1.51. The normalized spacial score (nSPS) is 17.6. The van der Waals surface area contributed by atoms with Gasteiger partial charge in [0.05, 0.1) is 5.70 Å². The third kappa shape index (κ3) is 1.75. The van der Waals surface area contributed by atoms with Crippen LogP contribution >= 0.6 is 0 Å². The van der Waals surface area contributed by atoms with Crippen molar-refractivity contribution >= 4 is 5.91 Å². The predicted molar refractivity (Wildman–Crippen MR) is 46.1 cm³/mol. The summed E-state index contributed by atoms with van der Waals surface area (Å²) < 4.78 is 5.14. The number of hydrogen-bond donors (Lipinski definition) is 1. The Kier molecular flexibility index (Phi) is 2.69. The van der Waals surface area contributed by atoms with Gasteiger partial charge in [0.25, 0.3) is 5.91 Å². The van der Waals surface area contributed by atoms with Gasteiger partial charge in [0.2, 0.25) is 0 Å². The first-order valence-corrected chi connectivity index (χ1v) is 3.70. The number of allylic oxidation sites excluding steroid dienone is 3. The van der Waals surface area contributed by atoms with E-state index in [1.807, 2.05) is 13.0 Å². The summed E-state index contributed by atoms with van der Waals surface area (Å²) in [7, 11) is 0. The molecule has 1 N–H and O–H groups in total. The molecule has 1 aliphatic heterocycles. The molecule has 0 bridgehead atoms. The molecule has 0 aromatic heterocycles. The van der Waals surface area contributed by atoms with E-state index in [1.54, 1.807) is 12.2 Å².